The summed E-state index contributed by atoms with van der Waals surface area (Å²) in [6, 6.07) is 17.0. The molecule has 0 aliphatic heterocycles. The van der Waals surface area contributed by atoms with Crippen LogP contribution in [-0.2, 0) is 6.54 Å². The van der Waals surface area contributed by atoms with Gasteiger partial charge in [-0.2, -0.15) is 0 Å². The van der Waals surface area contributed by atoms with E-state index in [1.165, 1.54) is 16.7 Å². The lowest BCUT2D eigenvalue weighted by atomic mass is 10.1. The first-order chi connectivity index (χ1) is 10.2. The zero-order chi connectivity index (χ0) is 15.1. The molecule has 1 N–H and O–H groups in total. The molecule has 2 aromatic rings. The second kappa shape index (κ2) is 7.65. The fourth-order valence-electron chi connectivity index (χ4n) is 2.26. The molecule has 0 unspecified atom stereocenters. The van der Waals surface area contributed by atoms with E-state index in [4.69, 9.17) is 4.74 Å². The SMILES string of the molecule is C=CCOc1ccccc1CN[C@@H](C)c1cccc(C)c1. The summed E-state index contributed by atoms with van der Waals surface area (Å²) in [7, 11) is 0. The number of nitrogens with one attached hydrogen (secondary N) is 1. The van der Waals surface area contributed by atoms with Crippen LogP contribution in [0.25, 0.3) is 0 Å². The number of rotatable bonds is 7. The minimum Gasteiger partial charge on any atom is -0.489 e. The standard InChI is InChI=1S/C19H23NO/c1-4-12-21-19-11-6-5-9-18(19)14-20-16(3)17-10-7-8-15(2)13-17/h4-11,13,16,20H,1,12,14H2,2-3H3/t16-/m0/s1. The van der Waals surface area contributed by atoms with Gasteiger partial charge in [0.25, 0.3) is 0 Å². The average Bonchev–Trinajstić information content (AvgIpc) is 2.51. The fourth-order valence-corrected chi connectivity index (χ4v) is 2.26. The molecule has 2 rings (SSSR count). The van der Waals surface area contributed by atoms with Gasteiger partial charge in [-0.25, -0.2) is 0 Å². The van der Waals surface area contributed by atoms with Crippen LogP contribution >= 0.6 is 0 Å². The second-order valence-electron chi connectivity index (χ2n) is 5.22. The van der Waals surface area contributed by atoms with Crippen LogP contribution in [0.15, 0.2) is 61.2 Å². The van der Waals surface area contributed by atoms with Gasteiger partial charge in [-0.05, 0) is 25.5 Å². The van der Waals surface area contributed by atoms with Crippen molar-refractivity contribution >= 4 is 0 Å². The molecule has 0 heterocycles. The zero-order valence-electron chi connectivity index (χ0n) is 12.8. The Morgan fingerprint density at radius 3 is 2.76 bits per heavy atom. The quantitative estimate of drug-likeness (QED) is 0.759. The molecule has 0 spiro atoms. The third kappa shape index (κ3) is 4.47. The average molecular weight is 281 g/mol. The van der Waals surface area contributed by atoms with Crippen molar-refractivity contribution in [2.75, 3.05) is 6.61 Å². The van der Waals surface area contributed by atoms with Crippen LogP contribution in [0.2, 0.25) is 0 Å². The molecule has 0 radical (unpaired) electrons. The third-order valence-corrected chi connectivity index (χ3v) is 3.47. The van der Waals surface area contributed by atoms with Gasteiger partial charge in [-0.1, -0.05) is 60.7 Å². The summed E-state index contributed by atoms with van der Waals surface area (Å²) in [5.41, 5.74) is 3.76. The smallest absolute Gasteiger partial charge is 0.124 e. The largest absolute Gasteiger partial charge is 0.489 e. The normalized spacial score (nSPS) is 11.9. The predicted octanol–water partition coefficient (Wildman–Crippen LogP) is 4.41. The molecule has 0 aliphatic rings. The molecular formula is C19H23NO. The van der Waals surface area contributed by atoms with E-state index in [-0.39, 0.29) is 0 Å². The molecule has 2 nitrogen and oxygen atoms in total. The molecule has 21 heavy (non-hydrogen) atoms. The monoisotopic (exact) mass is 281 g/mol. The van der Waals surface area contributed by atoms with E-state index < -0.39 is 0 Å². The van der Waals surface area contributed by atoms with E-state index in [0.29, 0.717) is 12.6 Å². The van der Waals surface area contributed by atoms with E-state index >= 15 is 0 Å². The Bertz CT molecular complexity index is 592. The van der Waals surface area contributed by atoms with Crippen molar-refractivity contribution in [3.05, 3.63) is 77.9 Å². The van der Waals surface area contributed by atoms with Gasteiger partial charge >= 0.3 is 0 Å². The summed E-state index contributed by atoms with van der Waals surface area (Å²) >= 11 is 0. The first-order valence-electron chi connectivity index (χ1n) is 7.32. The molecule has 0 aromatic heterocycles. The highest BCUT2D eigenvalue weighted by atomic mass is 16.5. The van der Waals surface area contributed by atoms with Crippen molar-refractivity contribution in [2.45, 2.75) is 26.4 Å². The van der Waals surface area contributed by atoms with Gasteiger partial charge in [-0.15, -0.1) is 0 Å². The van der Waals surface area contributed by atoms with E-state index in [9.17, 15) is 0 Å². The molecule has 0 saturated carbocycles. The predicted molar refractivity (Wildman–Crippen MR) is 88.6 cm³/mol. The number of hydrogen-bond donors (Lipinski definition) is 1. The highest BCUT2D eigenvalue weighted by molar-refractivity contribution is 5.33. The van der Waals surface area contributed by atoms with Gasteiger partial charge in [-0.3, -0.25) is 0 Å². The molecule has 0 saturated heterocycles. The van der Waals surface area contributed by atoms with Crippen molar-refractivity contribution in [3.8, 4) is 5.75 Å². The number of aryl methyl sites for hydroxylation is 1. The minimum absolute atomic E-state index is 0.303. The maximum atomic E-state index is 5.69. The van der Waals surface area contributed by atoms with Crippen LogP contribution in [0.3, 0.4) is 0 Å². The van der Waals surface area contributed by atoms with Gasteiger partial charge in [0, 0.05) is 18.2 Å². The second-order valence-corrected chi connectivity index (χ2v) is 5.22. The summed E-state index contributed by atoms with van der Waals surface area (Å²) in [4.78, 5) is 0. The maximum absolute atomic E-state index is 5.69. The van der Waals surface area contributed by atoms with E-state index in [2.05, 4.69) is 56.1 Å². The molecule has 0 aliphatic carbocycles. The first-order valence-corrected chi connectivity index (χ1v) is 7.32. The molecule has 2 aromatic carbocycles. The molecule has 0 fully saturated rings. The van der Waals surface area contributed by atoms with Crippen LogP contribution in [-0.4, -0.2) is 6.61 Å². The molecule has 2 heteroatoms. The summed E-state index contributed by atoms with van der Waals surface area (Å²) in [6.07, 6.45) is 1.76. The topological polar surface area (TPSA) is 21.3 Å². The Hall–Kier alpha value is -2.06. The van der Waals surface area contributed by atoms with Crippen LogP contribution in [0.1, 0.15) is 29.7 Å². The van der Waals surface area contributed by atoms with Gasteiger partial charge in [0.1, 0.15) is 12.4 Å². The van der Waals surface area contributed by atoms with Gasteiger partial charge < -0.3 is 10.1 Å². The molecule has 0 bridgehead atoms. The highest BCUT2D eigenvalue weighted by Crippen LogP contribution is 2.20. The van der Waals surface area contributed by atoms with Crippen LogP contribution in [0.5, 0.6) is 5.75 Å². The molecule has 1 atom stereocenters. The summed E-state index contributed by atoms with van der Waals surface area (Å²) in [5.74, 6) is 0.918. The number of para-hydroxylation sites is 1. The first kappa shape index (κ1) is 15.3. The van der Waals surface area contributed by atoms with Crippen molar-refractivity contribution in [1.29, 1.82) is 0 Å². The summed E-state index contributed by atoms with van der Waals surface area (Å²) in [6.45, 7) is 9.30. The van der Waals surface area contributed by atoms with Crippen molar-refractivity contribution in [3.63, 3.8) is 0 Å². The lowest BCUT2D eigenvalue weighted by molar-refractivity contribution is 0.357. The zero-order valence-corrected chi connectivity index (χ0v) is 12.8. The third-order valence-electron chi connectivity index (χ3n) is 3.47. The van der Waals surface area contributed by atoms with Crippen molar-refractivity contribution in [2.24, 2.45) is 0 Å². The van der Waals surface area contributed by atoms with E-state index in [0.717, 1.165) is 12.3 Å². The van der Waals surface area contributed by atoms with Gasteiger partial charge in [0.15, 0.2) is 0 Å². The molecular weight excluding hydrogens is 258 g/mol. The molecule has 0 amide bonds. The number of ether oxygens (including phenoxy) is 1. The van der Waals surface area contributed by atoms with Crippen LogP contribution < -0.4 is 10.1 Å². The van der Waals surface area contributed by atoms with E-state index in [1.54, 1.807) is 6.08 Å². The minimum atomic E-state index is 0.303. The Morgan fingerprint density at radius 1 is 1.19 bits per heavy atom. The number of benzene rings is 2. The highest BCUT2D eigenvalue weighted by Gasteiger charge is 2.07. The van der Waals surface area contributed by atoms with Crippen LogP contribution in [0.4, 0.5) is 0 Å². The maximum Gasteiger partial charge on any atom is 0.124 e. The molecule has 110 valence electrons. The Balaban J connectivity index is 2.01. The van der Waals surface area contributed by atoms with Gasteiger partial charge in [0.05, 0.1) is 0 Å². The van der Waals surface area contributed by atoms with Gasteiger partial charge in [0.2, 0.25) is 0 Å². The van der Waals surface area contributed by atoms with Crippen LogP contribution in [0, 0.1) is 6.92 Å². The Morgan fingerprint density at radius 2 is 2.00 bits per heavy atom. The Kier molecular flexibility index (Phi) is 5.59. The lowest BCUT2D eigenvalue weighted by Crippen LogP contribution is -2.18. The Labute approximate surface area is 127 Å². The van der Waals surface area contributed by atoms with E-state index in [1.807, 2.05) is 18.2 Å². The summed E-state index contributed by atoms with van der Waals surface area (Å²) in [5, 5.41) is 3.55. The van der Waals surface area contributed by atoms with Crippen molar-refractivity contribution in [1.82, 2.24) is 5.32 Å². The number of hydrogen-bond acceptors (Lipinski definition) is 2. The van der Waals surface area contributed by atoms with Crippen molar-refractivity contribution < 1.29 is 4.74 Å². The summed E-state index contributed by atoms with van der Waals surface area (Å²) < 4.78 is 5.69. The lowest BCUT2D eigenvalue weighted by Gasteiger charge is -2.16. The fraction of sp³-hybridized carbons (Fsp3) is 0.263.